The Bertz CT molecular complexity index is 679. The Kier molecular flexibility index (Phi) is 8.10. The lowest BCUT2D eigenvalue weighted by Gasteiger charge is -2.23. The second-order valence-electron chi connectivity index (χ2n) is 8.18. The monoisotopic (exact) mass is 404 g/mol. The van der Waals surface area contributed by atoms with Gasteiger partial charge in [-0.05, 0) is 52.7 Å². The molecule has 1 saturated heterocycles. The predicted molar refractivity (Wildman–Crippen MR) is 117 cm³/mol. The van der Waals surface area contributed by atoms with Gasteiger partial charge in [-0.1, -0.05) is 6.07 Å². The highest BCUT2D eigenvalue weighted by molar-refractivity contribution is 5.80. The van der Waals surface area contributed by atoms with Crippen LogP contribution in [-0.2, 0) is 11.3 Å². The van der Waals surface area contributed by atoms with Crippen LogP contribution >= 0.6 is 0 Å². The van der Waals surface area contributed by atoms with Crippen molar-refractivity contribution in [2.75, 3.05) is 38.1 Å². The van der Waals surface area contributed by atoms with Gasteiger partial charge in [0.25, 0.3) is 0 Å². The number of ether oxygens (including phenoxy) is 1. The molecule has 2 N–H and O–H groups in total. The lowest BCUT2D eigenvalue weighted by atomic mass is 10.2. The first kappa shape index (κ1) is 22.8. The van der Waals surface area contributed by atoms with Crippen LogP contribution in [0.4, 0.5) is 10.6 Å². The summed E-state index contributed by atoms with van der Waals surface area (Å²) in [6.45, 7) is 13.9. The van der Waals surface area contributed by atoms with Crippen molar-refractivity contribution in [3.63, 3.8) is 0 Å². The molecule has 8 heteroatoms. The highest BCUT2D eigenvalue weighted by atomic mass is 16.6. The second-order valence-corrected chi connectivity index (χ2v) is 8.18. The summed E-state index contributed by atoms with van der Waals surface area (Å²) in [6.07, 6.45) is 2.40. The van der Waals surface area contributed by atoms with E-state index >= 15 is 0 Å². The van der Waals surface area contributed by atoms with E-state index in [9.17, 15) is 4.79 Å². The van der Waals surface area contributed by atoms with Gasteiger partial charge >= 0.3 is 6.09 Å². The molecular formula is C21H36N6O2. The van der Waals surface area contributed by atoms with Gasteiger partial charge < -0.3 is 25.2 Å². The molecule has 0 aliphatic carbocycles. The van der Waals surface area contributed by atoms with Crippen LogP contribution in [0.3, 0.4) is 0 Å². The van der Waals surface area contributed by atoms with E-state index in [1.165, 1.54) is 0 Å². The number of carbonyl (C=O) groups is 1. The number of aromatic nitrogens is 1. The Hall–Kier alpha value is -2.51. The largest absolute Gasteiger partial charge is 0.444 e. The first-order valence-corrected chi connectivity index (χ1v) is 10.4. The average Bonchev–Trinajstić information content (AvgIpc) is 3.11. The molecule has 2 rings (SSSR count). The van der Waals surface area contributed by atoms with Crippen LogP contribution < -0.4 is 15.5 Å². The lowest BCUT2D eigenvalue weighted by Crippen LogP contribution is -2.44. The van der Waals surface area contributed by atoms with E-state index in [2.05, 4.69) is 56.4 Å². The smallest absolute Gasteiger partial charge is 0.407 e. The quantitative estimate of drug-likeness (QED) is 0.560. The van der Waals surface area contributed by atoms with Crippen LogP contribution in [0.1, 0.15) is 46.6 Å². The van der Waals surface area contributed by atoms with Gasteiger partial charge in [0.05, 0.1) is 6.04 Å². The Labute approximate surface area is 174 Å². The van der Waals surface area contributed by atoms with Crippen LogP contribution in [0.25, 0.3) is 0 Å². The summed E-state index contributed by atoms with van der Waals surface area (Å²) < 4.78 is 5.34. The number of rotatable bonds is 6. The molecule has 162 valence electrons. The molecule has 1 aliphatic heterocycles. The van der Waals surface area contributed by atoms with Crippen molar-refractivity contribution in [2.24, 2.45) is 4.99 Å². The Morgan fingerprint density at radius 1 is 1.34 bits per heavy atom. The van der Waals surface area contributed by atoms with Gasteiger partial charge in [0.2, 0.25) is 0 Å². The van der Waals surface area contributed by atoms with Crippen LogP contribution in [0, 0.1) is 0 Å². The standard InChI is InChI=1S/C21H36N6O2/c1-7-26(8-2)18-10-9-16(13-23-18)14-24-19(22-6)27-12-11-17(15-27)25-20(28)29-21(3,4)5/h9-10,13,17H,7-8,11-12,14-15H2,1-6H3,(H,22,24)(H,25,28). The van der Waals surface area contributed by atoms with Crippen molar-refractivity contribution in [2.45, 2.75) is 59.2 Å². The molecule has 0 radical (unpaired) electrons. The van der Waals surface area contributed by atoms with E-state index in [0.29, 0.717) is 13.1 Å². The maximum absolute atomic E-state index is 12.0. The molecule has 0 aromatic carbocycles. The Morgan fingerprint density at radius 2 is 2.07 bits per heavy atom. The number of carbonyl (C=O) groups excluding carboxylic acids is 1. The summed E-state index contributed by atoms with van der Waals surface area (Å²) in [5, 5.41) is 6.34. The molecule has 1 atom stereocenters. The highest BCUT2D eigenvalue weighted by Crippen LogP contribution is 2.13. The number of pyridine rings is 1. The van der Waals surface area contributed by atoms with Gasteiger partial charge in [0.15, 0.2) is 5.96 Å². The topological polar surface area (TPSA) is 82.1 Å². The van der Waals surface area contributed by atoms with E-state index in [0.717, 1.165) is 43.4 Å². The molecule has 1 amide bonds. The van der Waals surface area contributed by atoms with Crippen molar-refractivity contribution in [1.82, 2.24) is 20.5 Å². The van der Waals surface area contributed by atoms with E-state index < -0.39 is 5.60 Å². The van der Waals surface area contributed by atoms with Gasteiger partial charge in [0.1, 0.15) is 11.4 Å². The number of hydrogen-bond donors (Lipinski definition) is 2. The summed E-state index contributed by atoms with van der Waals surface area (Å²) in [5.41, 5.74) is 0.610. The van der Waals surface area contributed by atoms with Gasteiger partial charge in [0, 0.05) is 46.0 Å². The maximum Gasteiger partial charge on any atom is 0.407 e. The number of guanidine groups is 1. The summed E-state index contributed by atoms with van der Waals surface area (Å²) in [4.78, 5) is 25.3. The SMILES string of the molecule is CCN(CC)c1ccc(CNC(=NC)N2CCC(NC(=O)OC(C)(C)C)C2)cn1. The minimum atomic E-state index is -0.491. The number of amides is 1. The van der Waals surface area contributed by atoms with E-state index in [1.807, 2.05) is 27.0 Å². The van der Waals surface area contributed by atoms with Crippen molar-refractivity contribution in [3.05, 3.63) is 23.9 Å². The van der Waals surface area contributed by atoms with Gasteiger partial charge in [-0.3, -0.25) is 4.99 Å². The third-order valence-electron chi connectivity index (χ3n) is 4.77. The van der Waals surface area contributed by atoms with E-state index in [1.54, 1.807) is 7.05 Å². The zero-order valence-electron chi connectivity index (χ0n) is 18.7. The molecule has 29 heavy (non-hydrogen) atoms. The molecule has 1 unspecified atom stereocenters. The normalized spacial score (nSPS) is 17.2. The molecule has 0 bridgehead atoms. The second kappa shape index (κ2) is 10.3. The molecular weight excluding hydrogens is 368 g/mol. The number of likely N-dealkylation sites (tertiary alicyclic amines) is 1. The number of anilines is 1. The van der Waals surface area contributed by atoms with Crippen LogP contribution in [0.5, 0.6) is 0 Å². The van der Waals surface area contributed by atoms with Crippen molar-refractivity contribution in [1.29, 1.82) is 0 Å². The summed E-state index contributed by atoms with van der Waals surface area (Å²) in [5.74, 6) is 1.82. The molecule has 1 fully saturated rings. The lowest BCUT2D eigenvalue weighted by molar-refractivity contribution is 0.0507. The Morgan fingerprint density at radius 3 is 2.62 bits per heavy atom. The molecule has 2 heterocycles. The van der Waals surface area contributed by atoms with Crippen LogP contribution in [-0.4, -0.2) is 66.8 Å². The number of nitrogens with one attached hydrogen (secondary N) is 2. The highest BCUT2D eigenvalue weighted by Gasteiger charge is 2.27. The fraction of sp³-hybridized carbons (Fsp3) is 0.667. The third-order valence-corrected chi connectivity index (χ3v) is 4.77. The number of hydrogen-bond acceptors (Lipinski definition) is 5. The first-order valence-electron chi connectivity index (χ1n) is 10.4. The fourth-order valence-corrected chi connectivity index (χ4v) is 3.31. The van der Waals surface area contributed by atoms with Gasteiger partial charge in [-0.2, -0.15) is 0 Å². The minimum Gasteiger partial charge on any atom is -0.444 e. The molecule has 8 nitrogen and oxygen atoms in total. The average molecular weight is 405 g/mol. The number of nitrogens with zero attached hydrogens (tertiary/aromatic N) is 4. The zero-order chi connectivity index (χ0) is 21.4. The van der Waals surface area contributed by atoms with Gasteiger partial charge in [-0.15, -0.1) is 0 Å². The zero-order valence-corrected chi connectivity index (χ0v) is 18.7. The van der Waals surface area contributed by atoms with Crippen molar-refractivity contribution in [3.8, 4) is 0 Å². The van der Waals surface area contributed by atoms with E-state index in [4.69, 9.17) is 4.74 Å². The minimum absolute atomic E-state index is 0.0541. The predicted octanol–water partition coefficient (Wildman–Crippen LogP) is 2.60. The number of aliphatic imine (C=N–C) groups is 1. The molecule has 0 spiro atoms. The third kappa shape index (κ3) is 7.11. The van der Waals surface area contributed by atoms with Crippen molar-refractivity contribution < 1.29 is 9.53 Å². The summed E-state index contributed by atoms with van der Waals surface area (Å²) in [7, 11) is 1.78. The summed E-state index contributed by atoms with van der Waals surface area (Å²) in [6, 6.07) is 4.21. The van der Waals surface area contributed by atoms with Crippen LogP contribution in [0.2, 0.25) is 0 Å². The number of alkyl carbamates (subject to hydrolysis) is 1. The summed E-state index contributed by atoms with van der Waals surface area (Å²) >= 11 is 0. The molecule has 1 aromatic rings. The van der Waals surface area contributed by atoms with Gasteiger partial charge in [-0.25, -0.2) is 9.78 Å². The first-order chi connectivity index (χ1) is 13.8. The van der Waals surface area contributed by atoms with E-state index in [-0.39, 0.29) is 12.1 Å². The van der Waals surface area contributed by atoms with Crippen LogP contribution in [0.15, 0.2) is 23.3 Å². The molecule has 1 aliphatic rings. The molecule has 1 aromatic heterocycles. The maximum atomic E-state index is 12.0. The fourth-order valence-electron chi connectivity index (χ4n) is 3.31. The molecule has 0 saturated carbocycles. The van der Waals surface area contributed by atoms with Crippen molar-refractivity contribution >= 4 is 17.9 Å². The Balaban J connectivity index is 1.84.